The molecule has 1 amide bonds. The van der Waals surface area contributed by atoms with Crippen LogP contribution in [0.2, 0.25) is 0 Å². The molecule has 7 nitrogen and oxygen atoms in total. The minimum Gasteiger partial charge on any atom is -0.489 e. The molecule has 0 saturated heterocycles. The van der Waals surface area contributed by atoms with Crippen LogP contribution in [-0.2, 0) is 22.7 Å². The van der Waals surface area contributed by atoms with Gasteiger partial charge < -0.3 is 15.2 Å². The molecule has 0 spiro atoms. The molecule has 30 heavy (non-hydrogen) atoms. The van der Waals surface area contributed by atoms with Gasteiger partial charge in [0.1, 0.15) is 18.4 Å². The Bertz CT molecular complexity index is 947. The van der Waals surface area contributed by atoms with Gasteiger partial charge >= 0.3 is 5.97 Å². The van der Waals surface area contributed by atoms with Gasteiger partial charge in [-0.25, -0.2) is 0 Å². The fourth-order valence-electron chi connectivity index (χ4n) is 2.76. The van der Waals surface area contributed by atoms with E-state index in [1.165, 1.54) is 0 Å². The van der Waals surface area contributed by atoms with Crippen LogP contribution in [0.5, 0.6) is 5.75 Å². The average molecular weight is 405 g/mol. The van der Waals surface area contributed by atoms with Gasteiger partial charge in [-0.05, 0) is 41.5 Å². The van der Waals surface area contributed by atoms with Gasteiger partial charge in [-0.15, -0.1) is 0 Å². The highest BCUT2D eigenvalue weighted by Gasteiger charge is 2.20. The number of aliphatic carboxylic acids is 1. The van der Waals surface area contributed by atoms with Crippen molar-refractivity contribution < 1.29 is 19.4 Å². The van der Waals surface area contributed by atoms with Crippen LogP contribution in [0.3, 0.4) is 0 Å². The molecule has 3 aromatic rings. The monoisotopic (exact) mass is 405 g/mol. The summed E-state index contributed by atoms with van der Waals surface area (Å²) in [7, 11) is 0. The molecule has 3 N–H and O–H groups in total. The quantitative estimate of drug-likeness (QED) is 0.479. The molecule has 0 bridgehead atoms. The van der Waals surface area contributed by atoms with E-state index >= 15 is 0 Å². The number of ether oxygens (including phenoxy) is 1. The summed E-state index contributed by atoms with van der Waals surface area (Å²) < 4.78 is 5.72. The lowest BCUT2D eigenvalue weighted by Crippen LogP contribution is -2.39. The van der Waals surface area contributed by atoms with Gasteiger partial charge in [0, 0.05) is 24.6 Å². The number of carboxylic acids is 1. The third-order valence-electron chi connectivity index (χ3n) is 4.35. The zero-order valence-electron chi connectivity index (χ0n) is 16.3. The number of amides is 1. The molecule has 0 saturated carbocycles. The molecule has 1 atom stereocenters. The SMILES string of the molecule is O=C(CC(NCc1cccnc1)C(=O)O)Nc1ccc(OCc2ccccc2)cc1. The second-order valence-electron chi connectivity index (χ2n) is 6.68. The van der Waals surface area contributed by atoms with Crippen molar-refractivity contribution in [2.45, 2.75) is 25.6 Å². The van der Waals surface area contributed by atoms with E-state index in [1.807, 2.05) is 36.4 Å². The fourth-order valence-corrected chi connectivity index (χ4v) is 2.76. The van der Waals surface area contributed by atoms with Gasteiger partial charge in [0.15, 0.2) is 0 Å². The van der Waals surface area contributed by atoms with E-state index in [1.54, 1.807) is 42.7 Å². The molecule has 0 aliphatic rings. The van der Waals surface area contributed by atoms with Crippen LogP contribution in [0.4, 0.5) is 5.69 Å². The summed E-state index contributed by atoms with van der Waals surface area (Å²) in [5, 5.41) is 15.0. The molecule has 0 fully saturated rings. The number of pyridine rings is 1. The lowest BCUT2D eigenvalue weighted by molar-refractivity contribution is -0.141. The third-order valence-corrected chi connectivity index (χ3v) is 4.35. The molecule has 2 aromatic carbocycles. The van der Waals surface area contributed by atoms with E-state index in [0.717, 1.165) is 11.1 Å². The second-order valence-corrected chi connectivity index (χ2v) is 6.68. The van der Waals surface area contributed by atoms with Crippen molar-refractivity contribution in [1.82, 2.24) is 10.3 Å². The average Bonchev–Trinajstić information content (AvgIpc) is 2.77. The van der Waals surface area contributed by atoms with Crippen LogP contribution in [0, 0.1) is 0 Å². The molecular weight excluding hydrogens is 382 g/mol. The van der Waals surface area contributed by atoms with Crippen LogP contribution in [0.25, 0.3) is 0 Å². The van der Waals surface area contributed by atoms with E-state index < -0.39 is 12.0 Å². The van der Waals surface area contributed by atoms with Crippen LogP contribution in [0.1, 0.15) is 17.5 Å². The van der Waals surface area contributed by atoms with E-state index in [2.05, 4.69) is 15.6 Å². The number of hydrogen-bond acceptors (Lipinski definition) is 5. The largest absolute Gasteiger partial charge is 0.489 e. The number of carboxylic acid groups (broad SMARTS) is 1. The molecule has 7 heteroatoms. The first-order chi connectivity index (χ1) is 14.6. The standard InChI is InChI=1S/C23H23N3O4/c27-22(13-21(23(28)29)25-15-18-7-4-12-24-14-18)26-19-8-10-20(11-9-19)30-16-17-5-2-1-3-6-17/h1-12,14,21,25H,13,15-16H2,(H,26,27)(H,28,29). The number of nitrogens with one attached hydrogen (secondary N) is 2. The van der Waals surface area contributed by atoms with Gasteiger partial charge in [-0.2, -0.15) is 0 Å². The van der Waals surface area contributed by atoms with Crippen molar-refractivity contribution in [3.05, 3.63) is 90.3 Å². The van der Waals surface area contributed by atoms with Crippen LogP contribution in [0.15, 0.2) is 79.1 Å². The number of benzene rings is 2. The smallest absolute Gasteiger partial charge is 0.321 e. The van der Waals surface area contributed by atoms with Crippen molar-refractivity contribution in [2.24, 2.45) is 0 Å². The van der Waals surface area contributed by atoms with Gasteiger partial charge in [0.2, 0.25) is 5.91 Å². The van der Waals surface area contributed by atoms with E-state index in [0.29, 0.717) is 24.6 Å². The lowest BCUT2D eigenvalue weighted by Gasteiger charge is -2.14. The molecule has 1 unspecified atom stereocenters. The maximum Gasteiger partial charge on any atom is 0.321 e. The Kier molecular flexibility index (Phi) is 7.51. The van der Waals surface area contributed by atoms with E-state index in [9.17, 15) is 14.7 Å². The Labute approximate surface area is 174 Å². The molecule has 0 aliphatic heterocycles. The first-order valence-electron chi connectivity index (χ1n) is 9.52. The van der Waals surface area contributed by atoms with E-state index in [-0.39, 0.29) is 12.3 Å². The fraction of sp³-hybridized carbons (Fsp3) is 0.174. The molecule has 154 valence electrons. The maximum atomic E-state index is 12.3. The summed E-state index contributed by atoms with van der Waals surface area (Å²) in [5.41, 5.74) is 2.48. The first kappa shape index (κ1) is 21.0. The zero-order valence-corrected chi connectivity index (χ0v) is 16.3. The minimum atomic E-state index is -1.08. The molecule has 0 aliphatic carbocycles. The number of carbonyl (C=O) groups excluding carboxylic acids is 1. The predicted octanol–water partition coefficient (Wildman–Crippen LogP) is 3.23. The number of hydrogen-bond donors (Lipinski definition) is 3. The van der Waals surface area contributed by atoms with Gasteiger partial charge in [-0.1, -0.05) is 36.4 Å². The summed E-state index contributed by atoms with van der Waals surface area (Å²) in [6.45, 7) is 0.765. The first-order valence-corrected chi connectivity index (χ1v) is 9.52. The Morgan fingerprint density at radius 2 is 1.70 bits per heavy atom. The highest BCUT2D eigenvalue weighted by Crippen LogP contribution is 2.17. The van der Waals surface area contributed by atoms with Crippen LogP contribution < -0.4 is 15.4 Å². The number of aromatic nitrogens is 1. The number of rotatable bonds is 10. The van der Waals surface area contributed by atoms with Crippen molar-refractivity contribution in [2.75, 3.05) is 5.32 Å². The molecule has 1 aromatic heterocycles. The second kappa shape index (κ2) is 10.7. The zero-order chi connectivity index (χ0) is 21.2. The molecule has 0 radical (unpaired) electrons. The number of anilines is 1. The van der Waals surface area contributed by atoms with Crippen molar-refractivity contribution in [3.63, 3.8) is 0 Å². The van der Waals surface area contributed by atoms with Gasteiger partial charge in [-0.3, -0.25) is 19.9 Å². The van der Waals surface area contributed by atoms with Crippen LogP contribution >= 0.6 is 0 Å². The van der Waals surface area contributed by atoms with Gasteiger partial charge in [0.05, 0.1) is 6.42 Å². The van der Waals surface area contributed by atoms with Crippen LogP contribution in [-0.4, -0.2) is 28.0 Å². The topological polar surface area (TPSA) is 101 Å². The van der Waals surface area contributed by atoms with Crippen molar-refractivity contribution in [1.29, 1.82) is 0 Å². The van der Waals surface area contributed by atoms with Gasteiger partial charge in [0.25, 0.3) is 0 Å². The Morgan fingerprint density at radius 3 is 2.37 bits per heavy atom. The summed E-state index contributed by atoms with van der Waals surface area (Å²) in [6.07, 6.45) is 3.10. The summed E-state index contributed by atoms with van der Waals surface area (Å²) in [4.78, 5) is 27.7. The number of nitrogens with zero attached hydrogens (tertiary/aromatic N) is 1. The highest BCUT2D eigenvalue weighted by molar-refractivity contribution is 5.94. The summed E-state index contributed by atoms with van der Waals surface area (Å²) in [6, 6.07) is 19.4. The lowest BCUT2D eigenvalue weighted by atomic mass is 10.1. The normalized spacial score (nSPS) is 11.5. The summed E-state index contributed by atoms with van der Waals surface area (Å²) >= 11 is 0. The third kappa shape index (κ3) is 6.72. The van der Waals surface area contributed by atoms with E-state index in [4.69, 9.17) is 4.74 Å². The number of carbonyl (C=O) groups is 2. The van der Waals surface area contributed by atoms with Crippen molar-refractivity contribution >= 4 is 17.6 Å². The molecular formula is C23H23N3O4. The Balaban J connectivity index is 1.48. The Hall–Kier alpha value is -3.71. The predicted molar refractivity (Wildman–Crippen MR) is 113 cm³/mol. The van der Waals surface area contributed by atoms with Crippen molar-refractivity contribution in [3.8, 4) is 5.75 Å². The molecule has 3 rings (SSSR count). The maximum absolute atomic E-state index is 12.3. The summed E-state index contributed by atoms with van der Waals surface area (Å²) in [5.74, 6) is -0.795. The minimum absolute atomic E-state index is 0.193. The highest BCUT2D eigenvalue weighted by atomic mass is 16.5. The Morgan fingerprint density at radius 1 is 0.967 bits per heavy atom. The molecule has 1 heterocycles.